The molecule has 2 aromatic carbocycles. The molecular weight excluding hydrogens is 471 g/mol. The summed E-state index contributed by atoms with van der Waals surface area (Å²) in [4.78, 5) is 17.9. The molecule has 0 atom stereocenters. The molecule has 0 saturated carbocycles. The van der Waals surface area contributed by atoms with Gasteiger partial charge < -0.3 is 9.84 Å². The van der Waals surface area contributed by atoms with Crippen molar-refractivity contribution < 1.29 is 22.1 Å². The molecule has 0 aliphatic carbocycles. The first kappa shape index (κ1) is 24.5. The van der Waals surface area contributed by atoms with E-state index in [4.69, 9.17) is 4.52 Å². The minimum atomic E-state index is -3.72. The Kier molecular flexibility index (Phi) is 6.68. The third-order valence-electron chi connectivity index (χ3n) is 5.81. The number of carbonyl (C=O) groups is 1. The van der Waals surface area contributed by atoms with E-state index >= 15 is 0 Å². The first-order valence-corrected chi connectivity index (χ1v) is 12.6. The Morgan fingerprint density at radius 3 is 2.49 bits per heavy atom. The van der Waals surface area contributed by atoms with Gasteiger partial charge in [0.1, 0.15) is 5.82 Å². The Balaban J connectivity index is 1.78. The van der Waals surface area contributed by atoms with Gasteiger partial charge in [-0.2, -0.15) is 4.31 Å². The summed E-state index contributed by atoms with van der Waals surface area (Å²) in [5.74, 6) is -1.02. The molecule has 2 aromatic heterocycles. The summed E-state index contributed by atoms with van der Waals surface area (Å²) < 4.78 is 47.0. The number of fused-ring (bicyclic) bond motifs is 1. The van der Waals surface area contributed by atoms with Crippen LogP contribution < -0.4 is 5.32 Å². The van der Waals surface area contributed by atoms with Crippen molar-refractivity contribution >= 4 is 32.7 Å². The topological polar surface area (TPSA) is 105 Å². The van der Waals surface area contributed by atoms with Gasteiger partial charge >= 0.3 is 0 Å². The van der Waals surface area contributed by atoms with Crippen LogP contribution in [0.2, 0.25) is 0 Å². The molecule has 0 aliphatic rings. The third-order valence-corrected chi connectivity index (χ3v) is 7.86. The SMILES string of the molecule is CCN(CC)S(=O)(=O)c1ccc(C)c(NC(=O)c2cc(-c3ccccc3F)nc3onc(C)c23)c1. The van der Waals surface area contributed by atoms with Gasteiger partial charge in [-0.25, -0.2) is 17.8 Å². The molecule has 1 N–H and O–H groups in total. The Morgan fingerprint density at radius 1 is 1.09 bits per heavy atom. The molecule has 0 radical (unpaired) electrons. The smallest absolute Gasteiger partial charge is 0.259 e. The van der Waals surface area contributed by atoms with Gasteiger partial charge in [-0.05, 0) is 49.7 Å². The summed E-state index contributed by atoms with van der Waals surface area (Å²) in [5, 5.41) is 7.11. The molecule has 8 nitrogen and oxygen atoms in total. The Morgan fingerprint density at radius 2 is 1.80 bits per heavy atom. The number of pyridine rings is 1. The first-order valence-electron chi connectivity index (χ1n) is 11.1. The van der Waals surface area contributed by atoms with Gasteiger partial charge in [-0.15, -0.1) is 0 Å². The van der Waals surface area contributed by atoms with E-state index in [0.717, 1.165) is 0 Å². The van der Waals surface area contributed by atoms with E-state index in [9.17, 15) is 17.6 Å². The predicted molar refractivity (Wildman–Crippen MR) is 131 cm³/mol. The molecule has 10 heteroatoms. The largest absolute Gasteiger partial charge is 0.335 e. The quantitative estimate of drug-likeness (QED) is 0.389. The molecule has 4 aromatic rings. The summed E-state index contributed by atoms with van der Waals surface area (Å²) in [7, 11) is -3.72. The van der Waals surface area contributed by atoms with Crippen LogP contribution in [0.5, 0.6) is 0 Å². The maximum absolute atomic E-state index is 14.4. The number of hydrogen-bond acceptors (Lipinski definition) is 6. The number of aromatic nitrogens is 2. The van der Waals surface area contributed by atoms with E-state index in [1.165, 1.54) is 28.6 Å². The van der Waals surface area contributed by atoms with Gasteiger partial charge in [0, 0.05) is 24.3 Å². The lowest BCUT2D eigenvalue weighted by molar-refractivity contribution is 0.102. The van der Waals surface area contributed by atoms with Crippen molar-refractivity contribution in [3.63, 3.8) is 0 Å². The highest BCUT2D eigenvalue weighted by Crippen LogP contribution is 2.30. The van der Waals surface area contributed by atoms with Crippen LogP contribution in [0, 0.1) is 19.7 Å². The van der Waals surface area contributed by atoms with Crippen molar-refractivity contribution in [2.24, 2.45) is 0 Å². The molecule has 2 heterocycles. The zero-order valence-corrected chi connectivity index (χ0v) is 20.6. The van der Waals surface area contributed by atoms with E-state index in [0.29, 0.717) is 35.4 Å². The van der Waals surface area contributed by atoms with Gasteiger partial charge in [0.25, 0.3) is 11.6 Å². The number of aryl methyl sites for hydroxylation is 2. The first-order chi connectivity index (χ1) is 16.7. The molecule has 0 aliphatic heterocycles. The average molecular weight is 497 g/mol. The second-order valence-corrected chi connectivity index (χ2v) is 9.94. The Labute approximate surface area is 202 Å². The maximum Gasteiger partial charge on any atom is 0.259 e. The van der Waals surface area contributed by atoms with Crippen LogP contribution in [0.25, 0.3) is 22.4 Å². The minimum Gasteiger partial charge on any atom is -0.335 e. The van der Waals surface area contributed by atoms with Crippen molar-refractivity contribution in [2.75, 3.05) is 18.4 Å². The third kappa shape index (κ3) is 4.54. The number of benzene rings is 2. The lowest BCUT2D eigenvalue weighted by Crippen LogP contribution is -2.30. The van der Waals surface area contributed by atoms with E-state index in [2.05, 4.69) is 15.5 Å². The number of carbonyl (C=O) groups excluding carboxylic acids is 1. The number of rotatable bonds is 7. The summed E-state index contributed by atoms with van der Waals surface area (Å²) in [6.07, 6.45) is 0. The second-order valence-electron chi connectivity index (χ2n) is 8.00. The summed E-state index contributed by atoms with van der Waals surface area (Å²) in [5.41, 5.74) is 2.18. The van der Waals surface area contributed by atoms with Crippen molar-refractivity contribution in [2.45, 2.75) is 32.6 Å². The molecule has 1 amide bonds. The highest BCUT2D eigenvalue weighted by molar-refractivity contribution is 7.89. The normalized spacial score (nSPS) is 11.8. The van der Waals surface area contributed by atoms with Crippen LogP contribution in [-0.4, -0.2) is 41.9 Å². The number of hydrogen-bond donors (Lipinski definition) is 1. The van der Waals surface area contributed by atoms with E-state index in [1.54, 1.807) is 52.0 Å². The van der Waals surface area contributed by atoms with Gasteiger partial charge in [0.15, 0.2) is 0 Å². The number of amides is 1. The molecule has 35 heavy (non-hydrogen) atoms. The molecular formula is C25H25FN4O4S. The lowest BCUT2D eigenvalue weighted by Gasteiger charge is -2.19. The standard InChI is InChI=1S/C25H25FN4O4S/c1-5-30(6-2)35(32,33)17-12-11-15(3)21(13-17)27-24(31)19-14-22(18-9-7-8-10-20(18)26)28-25-23(19)16(4)29-34-25/h7-14H,5-6H2,1-4H3,(H,27,31). The second kappa shape index (κ2) is 9.55. The molecule has 0 unspecified atom stereocenters. The number of nitrogens with zero attached hydrogens (tertiary/aromatic N) is 3. The van der Waals surface area contributed by atoms with Gasteiger partial charge in [0.2, 0.25) is 10.0 Å². The van der Waals surface area contributed by atoms with Crippen LogP contribution in [0.1, 0.15) is 35.5 Å². The van der Waals surface area contributed by atoms with Gasteiger partial charge in [-0.1, -0.05) is 37.2 Å². The molecule has 182 valence electrons. The number of anilines is 1. The minimum absolute atomic E-state index is 0.0789. The Hall–Kier alpha value is -3.63. The van der Waals surface area contributed by atoms with E-state index in [-0.39, 0.29) is 27.4 Å². The van der Waals surface area contributed by atoms with Crippen LogP contribution in [0.3, 0.4) is 0 Å². The van der Waals surface area contributed by atoms with E-state index < -0.39 is 21.7 Å². The van der Waals surface area contributed by atoms with Gasteiger partial charge in [-0.3, -0.25) is 4.79 Å². The zero-order chi connectivity index (χ0) is 25.3. The molecule has 0 saturated heterocycles. The summed E-state index contributed by atoms with van der Waals surface area (Å²) in [6, 6.07) is 12.2. The lowest BCUT2D eigenvalue weighted by atomic mass is 10.0. The van der Waals surface area contributed by atoms with Crippen LogP contribution in [-0.2, 0) is 10.0 Å². The zero-order valence-electron chi connectivity index (χ0n) is 19.8. The fraction of sp³-hybridized carbons (Fsp3) is 0.240. The van der Waals surface area contributed by atoms with Crippen molar-refractivity contribution in [3.8, 4) is 11.3 Å². The number of sulfonamides is 1. The monoisotopic (exact) mass is 496 g/mol. The van der Waals surface area contributed by atoms with E-state index in [1.807, 2.05) is 0 Å². The van der Waals surface area contributed by atoms with Crippen LogP contribution in [0.4, 0.5) is 10.1 Å². The predicted octanol–water partition coefficient (Wildman–Crippen LogP) is 4.93. The molecule has 0 spiro atoms. The summed E-state index contributed by atoms with van der Waals surface area (Å²) in [6.45, 7) is 7.63. The molecule has 0 fully saturated rings. The molecule has 0 bridgehead atoms. The summed E-state index contributed by atoms with van der Waals surface area (Å²) >= 11 is 0. The number of nitrogens with one attached hydrogen (secondary N) is 1. The Bertz CT molecular complexity index is 1530. The highest BCUT2D eigenvalue weighted by Gasteiger charge is 2.24. The van der Waals surface area contributed by atoms with Crippen molar-refractivity contribution in [1.29, 1.82) is 0 Å². The van der Waals surface area contributed by atoms with Crippen molar-refractivity contribution in [1.82, 2.24) is 14.4 Å². The fourth-order valence-electron chi connectivity index (χ4n) is 3.88. The maximum atomic E-state index is 14.4. The van der Waals surface area contributed by atoms with Crippen LogP contribution in [0.15, 0.2) is 57.9 Å². The molecule has 4 rings (SSSR count). The highest BCUT2D eigenvalue weighted by atomic mass is 32.2. The fourth-order valence-corrected chi connectivity index (χ4v) is 5.36. The average Bonchev–Trinajstić information content (AvgIpc) is 3.21. The van der Waals surface area contributed by atoms with Crippen LogP contribution >= 0.6 is 0 Å². The van der Waals surface area contributed by atoms with Gasteiger partial charge in [0.05, 0.1) is 27.2 Å². The van der Waals surface area contributed by atoms with Crippen molar-refractivity contribution in [3.05, 3.63) is 71.2 Å². The number of halogens is 1.